The van der Waals surface area contributed by atoms with Crippen LogP contribution >= 0.6 is 0 Å². The molecule has 1 aromatic carbocycles. The summed E-state index contributed by atoms with van der Waals surface area (Å²) < 4.78 is 5.37. The zero-order valence-electron chi connectivity index (χ0n) is 12.8. The van der Waals surface area contributed by atoms with Gasteiger partial charge in [-0.1, -0.05) is 44.1 Å². The Balaban J connectivity index is 1.69. The molecule has 0 saturated heterocycles. The van der Waals surface area contributed by atoms with Crippen LogP contribution in [0, 0.1) is 5.92 Å². The molecule has 21 heavy (non-hydrogen) atoms. The Kier molecular flexibility index (Phi) is 4.14. The molecule has 3 rings (SSSR count). The van der Waals surface area contributed by atoms with Crippen LogP contribution in [0.3, 0.4) is 0 Å². The van der Waals surface area contributed by atoms with Crippen LogP contribution in [0.15, 0.2) is 36.4 Å². The molecule has 0 aliphatic heterocycles. The predicted molar refractivity (Wildman–Crippen MR) is 84.4 cm³/mol. The van der Waals surface area contributed by atoms with Crippen LogP contribution in [0.25, 0.3) is 0 Å². The van der Waals surface area contributed by atoms with Crippen LogP contribution in [0.1, 0.15) is 61.4 Å². The molecule has 112 valence electrons. The normalized spacial score (nSPS) is 26.2. The summed E-state index contributed by atoms with van der Waals surface area (Å²) in [5.41, 5.74) is 2.16. The van der Waals surface area contributed by atoms with Crippen molar-refractivity contribution in [3.63, 3.8) is 0 Å². The van der Waals surface area contributed by atoms with E-state index in [1.54, 1.807) is 0 Å². The van der Waals surface area contributed by atoms with Gasteiger partial charge in [0.15, 0.2) is 0 Å². The van der Waals surface area contributed by atoms with Gasteiger partial charge in [-0.25, -0.2) is 4.79 Å². The Hall–Kier alpha value is -1.57. The predicted octanol–water partition coefficient (Wildman–Crippen LogP) is 4.64. The van der Waals surface area contributed by atoms with Crippen LogP contribution in [-0.2, 0) is 10.2 Å². The minimum Gasteiger partial charge on any atom is -0.462 e. The lowest BCUT2D eigenvalue weighted by Gasteiger charge is -2.24. The molecule has 2 aliphatic carbocycles. The second-order valence-electron chi connectivity index (χ2n) is 6.44. The molecule has 0 aromatic heterocycles. The molecule has 2 bridgehead atoms. The van der Waals surface area contributed by atoms with Crippen LogP contribution < -0.4 is 0 Å². The van der Waals surface area contributed by atoms with Crippen molar-refractivity contribution in [1.29, 1.82) is 0 Å². The van der Waals surface area contributed by atoms with E-state index in [1.807, 2.05) is 18.2 Å². The van der Waals surface area contributed by atoms with Gasteiger partial charge in [-0.15, -0.1) is 0 Å². The van der Waals surface area contributed by atoms with Gasteiger partial charge >= 0.3 is 5.97 Å². The van der Waals surface area contributed by atoms with Crippen LogP contribution in [-0.4, -0.2) is 12.6 Å². The van der Waals surface area contributed by atoms with E-state index in [-0.39, 0.29) is 11.4 Å². The lowest BCUT2D eigenvalue weighted by atomic mass is 9.80. The largest absolute Gasteiger partial charge is 0.462 e. The summed E-state index contributed by atoms with van der Waals surface area (Å²) in [4.78, 5) is 12.1. The van der Waals surface area contributed by atoms with Crippen molar-refractivity contribution in [2.45, 2.75) is 50.9 Å². The molecule has 0 amide bonds. The zero-order chi connectivity index (χ0) is 14.7. The molecule has 1 aromatic rings. The lowest BCUT2D eigenvalue weighted by molar-refractivity contribution is 0.0498. The molecule has 1 fully saturated rings. The second-order valence-corrected chi connectivity index (χ2v) is 6.44. The van der Waals surface area contributed by atoms with Crippen molar-refractivity contribution >= 4 is 5.97 Å². The Labute approximate surface area is 127 Å². The van der Waals surface area contributed by atoms with Crippen molar-refractivity contribution in [2.24, 2.45) is 5.92 Å². The van der Waals surface area contributed by atoms with Crippen molar-refractivity contribution in [2.75, 3.05) is 6.61 Å². The van der Waals surface area contributed by atoms with Crippen LogP contribution in [0.5, 0.6) is 0 Å². The number of rotatable bonds is 6. The summed E-state index contributed by atoms with van der Waals surface area (Å²) in [7, 11) is 0. The fourth-order valence-corrected chi connectivity index (χ4v) is 3.67. The highest BCUT2D eigenvalue weighted by Crippen LogP contribution is 2.50. The number of fused-ring (bicyclic) bond motifs is 2. The number of unbranched alkanes of at least 4 members (excludes halogenated alkanes) is 2. The molecule has 2 nitrogen and oxygen atoms in total. The number of esters is 1. The maximum absolute atomic E-state index is 12.1. The summed E-state index contributed by atoms with van der Waals surface area (Å²) in [5, 5.41) is 0. The van der Waals surface area contributed by atoms with E-state index in [1.165, 1.54) is 24.8 Å². The zero-order valence-corrected chi connectivity index (χ0v) is 12.8. The molecule has 2 aliphatic rings. The summed E-state index contributed by atoms with van der Waals surface area (Å²) in [6, 6.07) is 8.06. The van der Waals surface area contributed by atoms with Gasteiger partial charge in [0, 0.05) is 5.41 Å². The highest BCUT2D eigenvalue weighted by Gasteiger charge is 2.41. The number of hydrogen-bond donors (Lipinski definition) is 0. The van der Waals surface area contributed by atoms with Gasteiger partial charge < -0.3 is 4.74 Å². The number of hydrogen-bond acceptors (Lipinski definition) is 2. The molecule has 0 heterocycles. The van der Waals surface area contributed by atoms with E-state index in [0.29, 0.717) is 12.2 Å². The Morgan fingerprint density at radius 3 is 2.95 bits per heavy atom. The molecule has 2 atom stereocenters. The fraction of sp³-hybridized carbons (Fsp3) is 0.526. The molecular weight excluding hydrogens is 260 g/mol. The number of ether oxygens (including phenoxy) is 1. The topological polar surface area (TPSA) is 26.3 Å². The van der Waals surface area contributed by atoms with Crippen molar-refractivity contribution in [1.82, 2.24) is 0 Å². The van der Waals surface area contributed by atoms with Crippen LogP contribution in [0.4, 0.5) is 0 Å². The molecule has 2 unspecified atom stereocenters. The molecular formula is C19H24O2. The molecule has 1 saturated carbocycles. The van der Waals surface area contributed by atoms with Gasteiger partial charge in [0.25, 0.3) is 0 Å². The fourth-order valence-electron chi connectivity index (χ4n) is 3.67. The van der Waals surface area contributed by atoms with E-state index in [2.05, 4.69) is 25.1 Å². The van der Waals surface area contributed by atoms with Gasteiger partial charge in [0.2, 0.25) is 0 Å². The first-order valence-electron chi connectivity index (χ1n) is 8.20. The van der Waals surface area contributed by atoms with Crippen molar-refractivity contribution in [3.05, 3.63) is 47.5 Å². The third-order valence-electron chi connectivity index (χ3n) is 4.93. The maximum atomic E-state index is 12.1. The Morgan fingerprint density at radius 2 is 2.29 bits per heavy atom. The van der Waals surface area contributed by atoms with Gasteiger partial charge in [-0.05, 0) is 49.3 Å². The lowest BCUT2D eigenvalue weighted by Crippen LogP contribution is -2.18. The first-order chi connectivity index (χ1) is 10.2. The van der Waals surface area contributed by atoms with Gasteiger partial charge in [0.05, 0.1) is 12.2 Å². The number of carbonyl (C=O) groups is 1. The average molecular weight is 284 g/mol. The SMILES string of the molecule is CCCCCOC(=O)c1cccc(C23C=CC(CC2)C3)c1. The van der Waals surface area contributed by atoms with E-state index in [4.69, 9.17) is 4.74 Å². The van der Waals surface area contributed by atoms with E-state index >= 15 is 0 Å². The minimum atomic E-state index is -0.180. The van der Waals surface area contributed by atoms with E-state index in [9.17, 15) is 4.79 Å². The maximum Gasteiger partial charge on any atom is 0.338 e. The Bertz CT molecular complexity index is 546. The first kappa shape index (κ1) is 14.4. The third-order valence-corrected chi connectivity index (χ3v) is 4.93. The molecule has 2 heteroatoms. The third kappa shape index (κ3) is 2.90. The standard InChI is InChI=1S/C19H24O2/c1-2-3-4-12-21-18(20)16-6-5-7-17(13-16)19-10-8-15(14-19)9-11-19/h5-8,10,13,15H,2-4,9,11-12,14H2,1H3. The summed E-state index contributed by atoms with van der Waals surface area (Å²) >= 11 is 0. The summed E-state index contributed by atoms with van der Waals surface area (Å²) in [6.07, 6.45) is 11.6. The van der Waals surface area contributed by atoms with Gasteiger partial charge in [-0.2, -0.15) is 0 Å². The second kappa shape index (κ2) is 6.05. The van der Waals surface area contributed by atoms with Crippen molar-refractivity contribution in [3.8, 4) is 0 Å². The van der Waals surface area contributed by atoms with E-state index in [0.717, 1.165) is 25.2 Å². The monoisotopic (exact) mass is 284 g/mol. The number of carbonyl (C=O) groups excluding carboxylic acids is 1. The summed E-state index contributed by atoms with van der Waals surface area (Å²) in [5.74, 6) is 0.565. The van der Waals surface area contributed by atoms with Gasteiger partial charge in [0.1, 0.15) is 0 Å². The Morgan fingerprint density at radius 1 is 1.38 bits per heavy atom. The smallest absolute Gasteiger partial charge is 0.338 e. The van der Waals surface area contributed by atoms with Crippen molar-refractivity contribution < 1.29 is 9.53 Å². The molecule has 0 spiro atoms. The highest BCUT2D eigenvalue weighted by atomic mass is 16.5. The number of benzene rings is 1. The van der Waals surface area contributed by atoms with Crippen LogP contribution in [0.2, 0.25) is 0 Å². The minimum absolute atomic E-state index is 0.180. The summed E-state index contributed by atoms with van der Waals surface area (Å²) in [6.45, 7) is 2.68. The van der Waals surface area contributed by atoms with Gasteiger partial charge in [-0.3, -0.25) is 0 Å². The quantitative estimate of drug-likeness (QED) is 0.432. The molecule has 0 N–H and O–H groups in total. The molecule has 0 radical (unpaired) electrons. The average Bonchev–Trinajstić information content (AvgIpc) is 3.14. The highest BCUT2D eigenvalue weighted by molar-refractivity contribution is 5.89. The number of allylic oxidation sites excluding steroid dienone is 2. The first-order valence-corrected chi connectivity index (χ1v) is 8.20. The van der Waals surface area contributed by atoms with E-state index < -0.39 is 0 Å².